The van der Waals surface area contributed by atoms with Crippen molar-refractivity contribution in [3.8, 4) is 6.07 Å². The van der Waals surface area contributed by atoms with E-state index >= 15 is 0 Å². The third-order valence-corrected chi connectivity index (χ3v) is 7.50. The smallest absolute Gasteiger partial charge is 0.345 e. The highest BCUT2D eigenvalue weighted by atomic mass is 19.4. The molecule has 11 heteroatoms. The largest absolute Gasteiger partial charge is 0.435 e. The lowest BCUT2D eigenvalue weighted by Gasteiger charge is -2.28. The van der Waals surface area contributed by atoms with Crippen molar-refractivity contribution in [3.05, 3.63) is 34.8 Å². The molecule has 3 fully saturated rings. The van der Waals surface area contributed by atoms with Crippen LogP contribution in [-0.2, 0) is 12.6 Å². The molecule has 1 saturated carbocycles. The lowest BCUT2D eigenvalue weighted by atomic mass is 9.83. The lowest BCUT2D eigenvalue weighted by molar-refractivity contribution is -0.141. The zero-order chi connectivity index (χ0) is 24.3. The van der Waals surface area contributed by atoms with Gasteiger partial charge in [0, 0.05) is 38.0 Å². The van der Waals surface area contributed by atoms with Gasteiger partial charge in [0.2, 0.25) is 5.92 Å². The van der Waals surface area contributed by atoms with Crippen LogP contribution in [-0.4, -0.2) is 51.3 Å². The molecule has 182 valence electrons. The molecule has 2 aliphatic heterocycles. The molecule has 4 heterocycles. The molecule has 1 N–H and O–H groups in total. The fourth-order valence-electron chi connectivity index (χ4n) is 5.64. The number of rotatable bonds is 4. The fourth-order valence-corrected chi connectivity index (χ4v) is 5.64. The average Bonchev–Trinajstić information content (AvgIpc) is 3.47. The van der Waals surface area contributed by atoms with E-state index in [1.807, 2.05) is 6.07 Å². The summed E-state index contributed by atoms with van der Waals surface area (Å²) in [4.78, 5) is 19.0. The zero-order valence-corrected chi connectivity index (χ0v) is 18.4. The summed E-state index contributed by atoms with van der Waals surface area (Å²) >= 11 is 0. The van der Waals surface area contributed by atoms with Gasteiger partial charge in [0.15, 0.2) is 5.69 Å². The monoisotopic (exact) mass is 481 g/mol. The van der Waals surface area contributed by atoms with Crippen molar-refractivity contribution in [1.82, 2.24) is 19.6 Å². The Labute approximate surface area is 192 Å². The van der Waals surface area contributed by atoms with Gasteiger partial charge in [-0.25, -0.2) is 13.8 Å². The van der Waals surface area contributed by atoms with Gasteiger partial charge in [-0.3, -0.25) is 9.20 Å². The first-order valence-corrected chi connectivity index (χ1v) is 11.4. The average molecular weight is 481 g/mol. The number of aromatic nitrogens is 2. The molecule has 34 heavy (non-hydrogen) atoms. The molecular weight excluding hydrogens is 457 g/mol. The molecule has 0 radical (unpaired) electrons. The van der Waals surface area contributed by atoms with Gasteiger partial charge in [-0.2, -0.15) is 18.4 Å². The summed E-state index contributed by atoms with van der Waals surface area (Å²) in [6.45, 7) is 2.50. The number of hydrogen-bond donors (Lipinski definition) is 1. The molecule has 5 rings (SSSR count). The molecule has 2 bridgehead atoms. The van der Waals surface area contributed by atoms with Crippen LogP contribution in [0.15, 0.2) is 12.1 Å². The maximum atomic E-state index is 13.9. The minimum atomic E-state index is -4.79. The summed E-state index contributed by atoms with van der Waals surface area (Å²) in [5, 5.41) is 12.7. The Morgan fingerprint density at radius 3 is 2.41 bits per heavy atom. The summed E-state index contributed by atoms with van der Waals surface area (Å²) in [6.07, 6.45) is -3.85. The highest BCUT2D eigenvalue weighted by Gasteiger charge is 2.45. The van der Waals surface area contributed by atoms with E-state index in [-0.39, 0.29) is 66.2 Å². The highest BCUT2D eigenvalue weighted by molar-refractivity contribution is 5.96. The van der Waals surface area contributed by atoms with Crippen molar-refractivity contribution >= 4 is 11.6 Å². The molecule has 2 saturated heterocycles. The summed E-state index contributed by atoms with van der Waals surface area (Å²) in [5.41, 5.74) is -1.92. The van der Waals surface area contributed by atoms with E-state index in [0.29, 0.717) is 0 Å². The number of hydrogen-bond acceptors (Lipinski definition) is 4. The molecule has 0 unspecified atom stereocenters. The van der Waals surface area contributed by atoms with Crippen molar-refractivity contribution in [2.45, 2.75) is 62.6 Å². The van der Waals surface area contributed by atoms with Gasteiger partial charge in [0.1, 0.15) is 17.4 Å². The molecule has 2 aromatic heterocycles. The van der Waals surface area contributed by atoms with E-state index in [4.69, 9.17) is 0 Å². The number of pyridine rings is 1. The molecule has 6 nitrogen and oxygen atoms in total. The van der Waals surface area contributed by atoms with Gasteiger partial charge >= 0.3 is 6.18 Å². The van der Waals surface area contributed by atoms with Crippen molar-refractivity contribution in [3.63, 3.8) is 0 Å². The minimum Gasteiger partial charge on any atom is -0.345 e. The van der Waals surface area contributed by atoms with Gasteiger partial charge in [-0.1, -0.05) is 0 Å². The van der Waals surface area contributed by atoms with Crippen LogP contribution in [0.5, 0.6) is 0 Å². The first-order valence-electron chi connectivity index (χ1n) is 11.4. The number of amides is 1. The van der Waals surface area contributed by atoms with Gasteiger partial charge in [-0.15, -0.1) is 0 Å². The van der Waals surface area contributed by atoms with Crippen molar-refractivity contribution in [2.75, 3.05) is 19.6 Å². The summed E-state index contributed by atoms with van der Waals surface area (Å²) in [5.74, 6) is -3.62. The second-order valence-electron chi connectivity index (χ2n) is 9.85. The van der Waals surface area contributed by atoms with Crippen LogP contribution in [0.25, 0.3) is 5.65 Å². The molecule has 1 amide bonds. The van der Waals surface area contributed by atoms with Crippen molar-refractivity contribution < 1.29 is 26.7 Å². The van der Waals surface area contributed by atoms with E-state index < -0.39 is 23.7 Å². The van der Waals surface area contributed by atoms with Crippen LogP contribution in [0.3, 0.4) is 0 Å². The van der Waals surface area contributed by atoms with Crippen LogP contribution in [0.1, 0.15) is 66.0 Å². The molecule has 1 aliphatic carbocycles. The fraction of sp³-hybridized carbons (Fsp3) is 0.609. The number of carbonyl (C=O) groups is 1. The number of nitriles is 1. The first-order chi connectivity index (χ1) is 16.0. The second kappa shape index (κ2) is 7.90. The SMILES string of the molecule is N#Cc1cc(C(=O)NC23CCN(CC2)C3)cc2nc(C(F)(F)F)c(CC3CCC(F)(F)CC3)n12. The van der Waals surface area contributed by atoms with Crippen LogP contribution >= 0.6 is 0 Å². The molecule has 3 aliphatic rings. The third kappa shape index (κ3) is 4.13. The molecule has 0 spiro atoms. The van der Waals surface area contributed by atoms with E-state index in [2.05, 4.69) is 15.2 Å². The Balaban J connectivity index is 1.50. The predicted octanol–water partition coefficient (Wildman–Crippen LogP) is 4.17. The Morgan fingerprint density at radius 2 is 1.85 bits per heavy atom. The summed E-state index contributed by atoms with van der Waals surface area (Å²) in [6, 6.07) is 4.44. The number of halogens is 5. The highest BCUT2D eigenvalue weighted by Crippen LogP contribution is 2.40. The predicted molar refractivity (Wildman–Crippen MR) is 111 cm³/mol. The number of alkyl halides is 5. The lowest BCUT2D eigenvalue weighted by Crippen LogP contribution is -2.47. The minimum absolute atomic E-state index is 0.0753. The van der Waals surface area contributed by atoms with Gasteiger partial charge < -0.3 is 10.2 Å². The Hall–Kier alpha value is -2.74. The number of nitrogens with one attached hydrogen (secondary N) is 1. The Morgan fingerprint density at radius 1 is 1.18 bits per heavy atom. The van der Waals surface area contributed by atoms with Crippen molar-refractivity contribution in [2.24, 2.45) is 5.92 Å². The van der Waals surface area contributed by atoms with Gasteiger partial charge in [0.25, 0.3) is 5.91 Å². The zero-order valence-electron chi connectivity index (χ0n) is 18.4. The number of carbonyl (C=O) groups excluding carboxylic acids is 1. The topological polar surface area (TPSA) is 73.4 Å². The van der Waals surface area contributed by atoms with Crippen LogP contribution < -0.4 is 5.32 Å². The van der Waals surface area contributed by atoms with Crippen LogP contribution in [0, 0.1) is 17.2 Å². The molecule has 2 aromatic rings. The number of imidazole rings is 1. The van der Waals surface area contributed by atoms with E-state index in [9.17, 15) is 32.0 Å². The Bertz CT molecular complexity index is 1160. The summed E-state index contributed by atoms with van der Waals surface area (Å²) < 4.78 is 69.8. The number of piperidine rings is 1. The van der Waals surface area contributed by atoms with Crippen LogP contribution in [0.2, 0.25) is 0 Å². The standard InChI is InChI=1S/C23H24F5N5O/c24-22(25)3-1-14(2-4-22)9-17-19(23(26,27)28)30-18-11-15(10-16(12-29)33(17)18)20(34)31-21-5-7-32(13-21)8-6-21/h10-11,14H,1-9,13H2,(H,31,34). The molecule has 0 aromatic carbocycles. The maximum Gasteiger partial charge on any atom is 0.435 e. The molecular formula is C23H24F5N5O. The van der Waals surface area contributed by atoms with E-state index in [1.165, 1.54) is 12.1 Å². The molecule has 0 atom stereocenters. The summed E-state index contributed by atoms with van der Waals surface area (Å²) in [7, 11) is 0. The first kappa shape index (κ1) is 23.0. The Kier molecular flexibility index (Phi) is 5.35. The third-order valence-electron chi connectivity index (χ3n) is 7.50. The van der Waals surface area contributed by atoms with Crippen molar-refractivity contribution in [1.29, 1.82) is 5.26 Å². The number of nitrogens with zero attached hydrogens (tertiary/aromatic N) is 4. The quantitative estimate of drug-likeness (QED) is 0.666. The second-order valence-corrected chi connectivity index (χ2v) is 9.85. The normalized spacial score (nSPS) is 26.6. The van der Waals surface area contributed by atoms with E-state index in [1.54, 1.807) is 0 Å². The van der Waals surface area contributed by atoms with Gasteiger partial charge in [-0.05, 0) is 50.2 Å². The number of fused-ring (bicyclic) bond motifs is 3. The van der Waals surface area contributed by atoms with Crippen LogP contribution in [0.4, 0.5) is 22.0 Å². The maximum absolute atomic E-state index is 13.9. The van der Waals surface area contributed by atoms with Gasteiger partial charge in [0.05, 0.1) is 11.2 Å². The van der Waals surface area contributed by atoms with E-state index in [0.717, 1.165) is 36.9 Å².